The molecule has 1 aromatic carbocycles. The summed E-state index contributed by atoms with van der Waals surface area (Å²) in [6.45, 7) is 0.414. The van der Waals surface area contributed by atoms with Gasteiger partial charge in [0.15, 0.2) is 0 Å². The molecule has 1 aliphatic heterocycles. The van der Waals surface area contributed by atoms with Crippen LogP contribution in [-0.4, -0.2) is 32.6 Å². The summed E-state index contributed by atoms with van der Waals surface area (Å²) in [6, 6.07) is 2.64. The molecule has 26 heavy (non-hydrogen) atoms. The Balaban J connectivity index is 1.82. The fraction of sp³-hybridized carbons (Fsp3) is 0.353. The first-order chi connectivity index (χ1) is 12.3. The first kappa shape index (κ1) is 18.1. The Kier molecular flexibility index (Phi) is 4.80. The number of carboxylic acid groups (broad SMARTS) is 1. The molecule has 0 fully saturated rings. The molecule has 0 bridgehead atoms. The summed E-state index contributed by atoms with van der Waals surface area (Å²) in [4.78, 5) is 20.5. The molecule has 5 nitrogen and oxygen atoms in total. The lowest BCUT2D eigenvalue weighted by Crippen LogP contribution is -2.36. The van der Waals surface area contributed by atoms with Crippen molar-refractivity contribution in [3.63, 3.8) is 0 Å². The minimum absolute atomic E-state index is 0.00534. The minimum Gasteiger partial charge on any atom is -0.465 e. The smallest absolute Gasteiger partial charge is 0.416 e. The van der Waals surface area contributed by atoms with Gasteiger partial charge in [0.2, 0.25) is 0 Å². The number of alkyl halides is 3. The third-order valence-electron chi connectivity index (χ3n) is 4.38. The molecule has 2 heterocycles. The first-order valence-corrected chi connectivity index (χ1v) is 7.91. The van der Waals surface area contributed by atoms with Crippen molar-refractivity contribution in [2.45, 2.75) is 32.0 Å². The molecule has 0 radical (unpaired) electrons. The Morgan fingerprint density at radius 2 is 2.00 bits per heavy atom. The van der Waals surface area contributed by atoms with Crippen LogP contribution in [0.1, 0.15) is 28.1 Å². The van der Waals surface area contributed by atoms with Gasteiger partial charge < -0.3 is 10.0 Å². The number of nitrogens with zero attached hydrogens (tertiary/aromatic N) is 3. The Morgan fingerprint density at radius 1 is 1.23 bits per heavy atom. The van der Waals surface area contributed by atoms with Crippen LogP contribution < -0.4 is 0 Å². The zero-order valence-electron chi connectivity index (χ0n) is 13.6. The number of halogens is 4. The van der Waals surface area contributed by atoms with Gasteiger partial charge in [-0.05, 0) is 42.5 Å². The summed E-state index contributed by atoms with van der Waals surface area (Å²) in [5.41, 5.74) is 0.948. The van der Waals surface area contributed by atoms with Crippen LogP contribution in [0.4, 0.5) is 22.4 Å². The second kappa shape index (κ2) is 6.89. The summed E-state index contributed by atoms with van der Waals surface area (Å²) in [7, 11) is 0. The molecular formula is C17H15F4N3O2. The Labute approximate surface area is 146 Å². The SMILES string of the molecule is O=C(O)N1CCc2c(CCc3ccc(F)cc3C(F)(F)F)ncnc2C1. The zero-order valence-corrected chi connectivity index (χ0v) is 13.6. The van der Waals surface area contributed by atoms with E-state index in [1.54, 1.807) is 0 Å². The number of benzene rings is 1. The van der Waals surface area contributed by atoms with Crippen LogP contribution in [0.3, 0.4) is 0 Å². The molecule has 2 aromatic rings. The van der Waals surface area contributed by atoms with Gasteiger partial charge in [0.25, 0.3) is 0 Å². The van der Waals surface area contributed by atoms with Crippen LogP contribution in [0.25, 0.3) is 0 Å². The lowest BCUT2D eigenvalue weighted by atomic mass is 9.96. The highest BCUT2D eigenvalue weighted by Gasteiger charge is 2.33. The standard InChI is InChI=1S/C17H15F4N3O2/c18-11-3-1-10(13(7-11)17(19,20)21)2-4-14-12-5-6-24(16(25)26)8-15(12)23-9-22-14/h1,3,7,9H,2,4-6,8H2,(H,25,26). The van der Waals surface area contributed by atoms with Crippen LogP contribution in [-0.2, 0) is 32.0 Å². The van der Waals surface area contributed by atoms with Crippen LogP contribution in [0.15, 0.2) is 24.5 Å². The largest absolute Gasteiger partial charge is 0.465 e. The van der Waals surface area contributed by atoms with E-state index in [1.807, 2.05) is 0 Å². The predicted octanol–water partition coefficient (Wildman–Crippen LogP) is 3.46. The number of fused-ring (bicyclic) bond motifs is 1. The third-order valence-corrected chi connectivity index (χ3v) is 4.38. The monoisotopic (exact) mass is 369 g/mol. The van der Waals surface area contributed by atoms with E-state index >= 15 is 0 Å². The second-order valence-corrected chi connectivity index (χ2v) is 6.00. The molecule has 0 unspecified atom stereocenters. The van der Waals surface area contributed by atoms with Crippen molar-refractivity contribution in [2.24, 2.45) is 0 Å². The highest BCUT2D eigenvalue weighted by Crippen LogP contribution is 2.33. The molecule has 1 aromatic heterocycles. The molecule has 0 saturated heterocycles. The van der Waals surface area contributed by atoms with Gasteiger partial charge in [0, 0.05) is 12.2 Å². The number of amides is 1. The van der Waals surface area contributed by atoms with Crippen molar-refractivity contribution in [3.8, 4) is 0 Å². The molecule has 0 spiro atoms. The molecule has 0 atom stereocenters. The van der Waals surface area contributed by atoms with Crippen LogP contribution in [0.5, 0.6) is 0 Å². The van der Waals surface area contributed by atoms with Gasteiger partial charge in [-0.2, -0.15) is 13.2 Å². The van der Waals surface area contributed by atoms with Gasteiger partial charge in [0.1, 0.15) is 12.1 Å². The van der Waals surface area contributed by atoms with Gasteiger partial charge in [0.05, 0.1) is 17.8 Å². The minimum atomic E-state index is -4.63. The Hall–Kier alpha value is -2.71. The number of hydrogen-bond acceptors (Lipinski definition) is 3. The summed E-state index contributed by atoms with van der Waals surface area (Å²) in [5, 5.41) is 9.06. The fourth-order valence-corrected chi connectivity index (χ4v) is 3.08. The predicted molar refractivity (Wildman–Crippen MR) is 83.0 cm³/mol. The summed E-state index contributed by atoms with van der Waals surface area (Å²) >= 11 is 0. The van der Waals surface area contributed by atoms with E-state index in [2.05, 4.69) is 9.97 Å². The average Bonchev–Trinajstić information content (AvgIpc) is 2.59. The molecule has 138 valence electrons. The number of aryl methyl sites for hydroxylation is 2. The summed E-state index contributed by atoms with van der Waals surface area (Å²) in [5.74, 6) is -0.936. The van der Waals surface area contributed by atoms with E-state index in [0.29, 0.717) is 23.9 Å². The normalized spacial score (nSPS) is 14.2. The van der Waals surface area contributed by atoms with E-state index in [-0.39, 0.29) is 31.5 Å². The first-order valence-electron chi connectivity index (χ1n) is 7.91. The molecule has 1 amide bonds. The van der Waals surface area contributed by atoms with E-state index in [1.165, 1.54) is 11.2 Å². The maximum absolute atomic E-state index is 13.2. The molecule has 1 aliphatic rings. The lowest BCUT2D eigenvalue weighted by Gasteiger charge is -2.26. The van der Waals surface area contributed by atoms with Crippen molar-refractivity contribution in [1.29, 1.82) is 0 Å². The lowest BCUT2D eigenvalue weighted by molar-refractivity contribution is -0.138. The highest BCUT2D eigenvalue weighted by molar-refractivity contribution is 5.65. The highest BCUT2D eigenvalue weighted by atomic mass is 19.4. The molecule has 0 aliphatic carbocycles. The zero-order chi connectivity index (χ0) is 18.9. The van der Waals surface area contributed by atoms with Crippen molar-refractivity contribution < 1.29 is 27.5 Å². The van der Waals surface area contributed by atoms with E-state index in [4.69, 9.17) is 5.11 Å². The second-order valence-electron chi connectivity index (χ2n) is 6.00. The van der Waals surface area contributed by atoms with Crippen LogP contribution in [0, 0.1) is 5.82 Å². The number of carbonyl (C=O) groups is 1. The van der Waals surface area contributed by atoms with Gasteiger partial charge >= 0.3 is 12.3 Å². The molecule has 9 heteroatoms. The maximum Gasteiger partial charge on any atom is 0.416 e. The van der Waals surface area contributed by atoms with Gasteiger partial charge in [-0.15, -0.1) is 0 Å². The van der Waals surface area contributed by atoms with Crippen molar-refractivity contribution in [1.82, 2.24) is 14.9 Å². The number of hydrogen-bond donors (Lipinski definition) is 1. The van der Waals surface area contributed by atoms with Crippen molar-refractivity contribution in [3.05, 3.63) is 58.4 Å². The maximum atomic E-state index is 13.2. The number of aromatic nitrogens is 2. The van der Waals surface area contributed by atoms with Crippen molar-refractivity contribution in [2.75, 3.05) is 6.54 Å². The summed E-state index contributed by atoms with van der Waals surface area (Å²) in [6.07, 6.45) is -3.71. The summed E-state index contributed by atoms with van der Waals surface area (Å²) < 4.78 is 52.5. The van der Waals surface area contributed by atoms with Gasteiger partial charge in [-0.1, -0.05) is 6.07 Å². The number of rotatable bonds is 3. The molecular weight excluding hydrogens is 354 g/mol. The molecule has 0 saturated carbocycles. The van der Waals surface area contributed by atoms with Crippen LogP contribution >= 0.6 is 0 Å². The Morgan fingerprint density at radius 3 is 2.69 bits per heavy atom. The van der Waals surface area contributed by atoms with Gasteiger partial charge in [-0.25, -0.2) is 19.2 Å². The fourth-order valence-electron chi connectivity index (χ4n) is 3.08. The average molecular weight is 369 g/mol. The Bertz CT molecular complexity index is 839. The van der Waals surface area contributed by atoms with Gasteiger partial charge in [-0.3, -0.25) is 0 Å². The topological polar surface area (TPSA) is 66.3 Å². The molecule has 3 rings (SSSR count). The van der Waals surface area contributed by atoms with E-state index < -0.39 is 23.7 Å². The molecule has 1 N–H and O–H groups in total. The quantitative estimate of drug-likeness (QED) is 0.842. The third kappa shape index (κ3) is 3.76. The van der Waals surface area contributed by atoms with Crippen LogP contribution in [0.2, 0.25) is 0 Å². The van der Waals surface area contributed by atoms with Crippen molar-refractivity contribution >= 4 is 6.09 Å². The van der Waals surface area contributed by atoms with E-state index in [0.717, 1.165) is 17.7 Å². The van der Waals surface area contributed by atoms with E-state index in [9.17, 15) is 22.4 Å².